The second-order valence-corrected chi connectivity index (χ2v) is 5.47. The van der Waals surface area contributed by atoms with Crippen LogP contribution in [-0.2, 0) is 4.74 Å². The predicted molar refractivity (Wildman–Crippen MR) is 76.4 cm³/mol. The van der Waals surface area contributed by atoms with Crippen LogP contribution in [0.25, 0.3) is 0 Å². The van der Waals surface area contributed by atoms with Crippen molar-refractivity contribution in [3.05, 3.63) is 35.6 Å². The molecule has 1 aromatic carbocycles. The van der Waals surface area contributed by atoms with Crippen LogP contribution in [0.2, 0.25) is 0 Å². The van der Waals surface area contributed by atoms with Crippen molar-refractivity contribution >= 4 is 5.78 Å². The monoisotopic (exact) mass is 279 g/mol. The Kier molecular flexibility index (Phi) is 5.68. The first kappa shape index (κ1) is 15.1. The third-order valence-corrected chi connectivity index (χ3v) is 3.56. The Hall–Kier alpha value is -1.26. The molecule has 0 radical (unpaired) electrons. The van der Waals surface area contributed by atoms with Gasteiger partial charge in [-0.05, 0) is 37.9 Å². The first-order chi connectivity index (χ1) is 9.66. The van der Waals surface area contributed by atoms with Crippen LogP contribution in [-0.4, -0.2) is 44.0 Å². The summed E-state index contributed by atoms with van der Waals surface area (Å²) in [5.74, 6) is 0.199. The van der Waals surface area contributed by atoms with Crippen molar-refractivity contribution in [1.82, 2.24) is 4.90 Å². The number of benzene rings is 1. The summed E-state index contributed by atoms with van der Waals surface area (Å²) in [4.78, 5) is 13.9. The van der Waals surface area contributed by atoms with Gasteiger partial charge >= 0.3 is 0 Å². The molecule has 2 rings (SSSR count). The van der Waals surface area contributed by atoms with Crippen molar-refractivity contribution in [3.63, 3.8) is 0 Å². The van der Waals surface area contributed by atoms with E-state index in [0.29, 0.717) is 19.6 Å². The molecule has 110 valence electrons. The molecule has 1 aromatic rings. The fraction of sp³-hybridized carbons (Fsp3) is 0.562. The van der Waals surface area contributed by atoms with E-state index < -0.39 is 5.82 Å². The van der Waals surface area contributed by atoms with Crippen molar-refractivity contribution < 1.29 is 13.9 Å². The van der Waals surface area contributed by atoms with Gasteiger partial charge in [0.2, 0.25) is 0 Å². The molecule has 1 fully saturated rings. The SMILES string of the molecule is CN(CCOCC1CC1)CCC(=O)c1ccccc1F. The Labute approximate surface area is 119 Å². The minimum atomic E-state index is -0.437. The van der Waals surface area contributed by atoms with Crippen molar-refractivity contribution in [2.75, 3.05) is 33.4 Å². The van der Waals surface area contributed by atoms with Gasteiger partial charge in [0.05, 0.1) is 12.2 Å². The highest BCUT2D eigenvalue weighted by atomic mass is 19.1. The van der Waals surface area contributed by atoms with Gasteiger partial charge in [0.25, 0.3) is 0 Å². The van der Waals surface area contributed by atoms with E-state index in [4.69, 9.17) is 4.74 Å². The highest BCUT2D eigenvalue weighted by molar-refractivity contribution is 5.96. The van der Waals surface area contributed by atoms with Crippen LogP contribution < -0.4 is 0 Å². The van der Waals surface area contributed by atoms with Gasteiger partial charge < -0.3 is 9.64 Å². The number of carbonyl (C=O) groups excluding carboxylic acids is 1. The van der Waals surface area contributed by atoms with Gasteiger partial charge in [-0.15, -0.1) is 0 Å². The second-order valence-electron chi connectivity index (χ2n) is 5.47. The highest BCUT2D eigenvalue weighted by Crippen LogP contribution is 2.28. The van der Waals surface area contributed by atoms with E-state index in [1.165, 1.54) is 25.0 Å². The molecular weight excluding hydrogens is 257 g/mol. The summed E-state index contributed by atoms with van der Waals surface area (Å²) in [5, 5.41) is 0. The van der Waals surface area contributed by atoms with Gasteiger partial charge in [-0.2, -0.15) is 0 Å². The van der Waals surface area contributed by atoms with Crippen molar-refractivity contribution in [2.45, 2.75) is 19.3 Å². The molecule has 0 atom stereocenters. The first-order valence-electron chi connectivity index (χ1n) is 7.21. The Bertz CT molecular complexity index is 446. The summed E-state index contributed by atoms with van der Waals surface area (Å²) >= 11 is 0. The Morgan fingerprint density at radius 1 is 1.35 bits per heavy atom. The van der Waals surface area contributed by atoms with Crippen LogP contribution in [0.15, 0.2) is 24.3 Å². The average Bonchev–Trinajstić information content (AvgIpc) is 3.25. The number of rotatable bonds is 9. The van der Waals surface area contributed by atoms with Crippen LogP contribution >= 0.6 is 0 Å². The van der Waals surface area contributed by atoms with Gasteiger partial charge in [0.15, 0.2) is 5.78 Å². The largest absolute Gasteiger partial charge is 0.380 e. The highest BCUT2D eigenvalue weighted by Gasteiger charge is 2.21. The lowest BCUT2D eigenvalue weighted by atomic mass is 10.1. The minimum Gasteiger partial charge on any atom is -0.380 e. The van der Waals surface area contributed by atoms with Crippen LogP contribution in [0.5, 0.6) is 0 Å². The minimum absolute atomic E-state index is 0.145. The molecule has 0 N–H and O–H groups in total. The molecule has 0 amide bonds. The number of halogens is 1. The number of hydrogen-bond donors (Lipinski definition) is 0. The fourth-order valence-electron chi connectivity index (χ4n) is 1.98. The number of ketones is 1. The van der Waals surface area contributed by atoms with E-state index in [0.717, 1.165) is 19.1 Å². The lowest BCUT2D eigenvalue weighted by molar-refractivity contribution is 0.0915. The quantitative estimate of drug-likeness (QED) is 0.514. The second kappa shape index (κ2) is 7.50. The van der Waals surface area contributed by atoms with E-state index in [9.17, 15) is 9.18 Å². The summed E-state index contributed by atoms with van der Waals surface area (Å²) in [7, 11) is 1.95. The molecule has 0 saturated heterocycles. The van der Waals surface area contributed by atoms with Crippen molar-refractivity contribution in [2.24, 2.45) is 5.92 Å². The lowest BCUT2D eigenvalue weighted by Gasteiger charge is -2.16. The standard InChI is InChI=1S/C16H22FNO2/c1-18(10-11-20-12-13-6-7-13)9-8-16(19)14-4-2-3-5-15(14)17/h2-5,13H,6-12H2,1H3. The first-order valence-corrected chi connectivity index (χ1v) is 7.21. The Morgan fingerprint density at radius 2 is 2.10 bits per heavy atom. The molecule has 1 aliphatic carbocycles. The van der Waals surface area contributed by atoms with Crippen molar-refractivity contribution in [1.29, 1.82) is 0 Å². The number of carbonyl (C=O) groups is 1. The molecule has 0 heterocycles. The number of nitrogens with zero attached hydrogens (tertiary/aromatic N) is 1. The third-order valence-electron chi connectivity index (χ3n) is 3.56. The maximum Gasteiger partial charge on any atom is 0.167 e. The van der Waals surface area contributed by atoms with Gasteiger partial charge in [-0.1, -0.05) is 12.1 Å². The summed E-state index contributed by atoms with van der Waals surface area (Å²) < 4.78 is 19.0. The molecule has 1 aliphatic rings. The third kappa shape index (κ3) is 5.02. The molecule has 20 heavy (non-hydrogen) atoms. The van der Waals surface area contributed by atoms with Crippen molar-refractivity contribution in [3.8, 4) is 0 Å². The van der Waals surface area contributed by atoms with Crippen LogP contribution in [0.3, 0.4) is 0 Å². The molecule has 0 spiro atoms. The molecule has 0 aliphatic heterocycles. The van der Waals surface area contributed by atoms with Gasteiger partial charge in [-0.3, -0.25) is 4.79 Å². The fourth-order valence-corrected chi connectivity index (χ4v) is 1.98. The maximum atomic E-state index is 13.4. The molecule has 0 aromatic heterocycles. The molecule has 4 heteroatoms. The topological polar surface area (TPSA) is 29.5 Å². The molecular formula is C16H22FNO2. The summed E-state index contributed by atoms with van der Waals surface area (Å²) in [6.45, 7) is 2.99. The smallest absolute Gasteiger partial charge is 0.167 e. The van der Waals surface area contributed by atoms with E-state index in [2.05, 4.69) is 0 Å². The number of likely N-dealkylation sites (N-methyl/N-ethyl adjacent to an activating group) is 1. The van der Waals surface area contributed by atoms with Gasteiger partial charge in [-0.25, -0.2) is 4.39 Å². The maximum absolute atomic E-state index is 13.4. The lowest BCUT2D eigenvalue weighted by Crippen LogP contribution is -2.26. The summed E-state index contributed by atoms with van der Waals surface area (Å²) in [6.07, 6.45) is 2.93. The zero-order chi connectivity index (χ0) is 14.4. The molecule has 0 bridgehead atoms. The Morgan fingerprint density at radius 3 is 2.80 bits per heavy atom. The number of hydrogen-bond acceptors (Lipinski definition) is 3. The predicted octanol–water partition coefficient (Wildman–Crippen LogP) is 2.76. The van der Waals surface area contributed by atoms with E-state index in [1.807, 2.05) is 11.9 Å². The van der Waals surface area contributed by atoms with E-state index in [1.54, 1.807) is 12.1 Å². The van der Waals surface area contributed by atoms with Gasteiger partial charge in [0.1, 0.15) is 5.82 Å². The van der Waals surface area contributed by atoms with E-state index in [-0.39, 0.29) is 11.3 Å². The summed E-state index contributed by atoms with van der Waals surface area (Å²) in [6, 6.07) is 6.14. The van der Waals surface area contributed by atoms with Crippen LogP contribution in [0, 0.1) is 11.7 Å². The van der Waals surface area contributed by atoms with E-state index >= 15 is 0 Å². The van der Waals surface area contributed by atoms with Crippen LogP contribution in [0.1, 0.15) is 29.6 Å². The van der Waals surface area contributed by atoms with Crippen LogP contribution in [0.4, 0.5) is 4.39 Å². The molecule has 3 nitrogen and oxygen atoms in total. The average molecular weight is 279 g/mol. The summed E-state index contributed by atoms with van der Waals surface area (Å²) in [5.41, 5.74) is 0.186. The number of ether oxygens (including phenoxy) is 1. The zero-order valence-electron chi connectivity index (χ0n) is 12.0. The zero-order valence-corrected chi connectivity index (χ0v) is 12.0. The van der Waals surface area contributed by atoms with Gasteiger partial charge in [0, 0.05) is 26.1 Å². The Balaban J connectivity index is 1.63. The molecule has 0 unspecified atom stereocenters. The molecule has 1 saturated carbocycles. The normalized spacial score (nSPS) is 14.8. The number of Topliss-reactive ketones (excluding diaryl/α,β-unsaturated/α-hetero) is 1.